The molecule has 0 radical (unpaired) electrons. The Kier molecular flexibility index (Phi) is 9.89. The van der Waals surface area contributed by atoms with Crippen LogP contribution in [0.3, 0.4) is 0 Å². The molecule has 0 saturated heterocycles. The van der Waals surface area contributed by atoms with Crippen LogP contribution in [0.1, 0.15) is 59.8 Å². The quantitative estimate of drug-likeness (QED) is 0.237. The molecular weight excluding hydrogens is 358 g/mol. The molecule has 0 rings (SSSR count). The van der Waals surface area contributed by atoms with Gasteiger partial charge in [0.1, 0.15) is 16.6 Å². The summed E-state index contributed by atoms with van der Waals surface area (Å²) in [6.07, 6.45) is 2.69. The third-order valence-corrected chi connectivity index (χ3v) is 6.12. The third kappa shape index (κ3) is 11.7. The van der Waals surface area contributed by atoms with Crippen LogP contribution in [0.2, 0.25) is 19.6 Å². The Hall–Kier alpha value is -0.413. The van der Waals surface area contributed by atoms with Crippen LogP contribution >= 0.6 is 0 Å². The van der Waals surface area contributed by atoms with Crippen molar-refractivity contribution in [3.8, 4) is 0 Å². The van der Waals surface area contributed by atoms with E-state index in [0.29, 0.717) is 25.7 Å². The van der Waals surface area contributed by atoms with E-state index in [1.54, 1.807) is 0 Å². The topological polar surface area (TPSA) is 102 Å². The van der Waals surface area contributed by atoms with Gasteiger partial charge in [0.25, 0.3) is 0 Å². The average molecular weight is 394 g/mol. The van der Waals surface area contributed by atoms with Crippen molar-refractivity contribution in [2.24, 2.45) is 5.14 Å². The van der Waals surface area contributed by atoms with Crippen LogP contribution in [0.4, 0.5) is 0 Å². The van der Waals surface area contributed by atoms with Crippen molar-refractivity contribution >= 4 is 31.9 Å². The van der Waals surface area contributed by atoms with E-state index in [0.717, 1.165) is 6.29 Å². The average Bonchev–Trinajstić information content (AvgIpc) is 2.40. The second kappa shape index (κ2) is 10.1. The number of rotatable bonds is 12. The maximum atomic E-state index is 12.3. The maximum absolute atomic E-state index is 12.3. The van der Waals surface area contributed by atoms with Gasteiger partial charge in [-0.3, -0.25) is 4.79 Å². The van der Waals surface area contributed by atoms with Gasteiger partial charge in [0.2, 0.25) is 0 Å². The standard InChI is InChI=1S/C17H35NO5SSi/c1-16(2,10-11-17(3,4)24(18)21)22-15(20)13-14(9-8-12-19)23-25(5,6)7/h12,14H,8-11,13,18H2,1-7H3/t14-,24+/m0/s1. The molecular formula is C17H35NO5SSi. The van der Waals surface area contributed by atoms with E-state index in [4.69, 9.17) is 14.3 Å². The first-order chi connectivity index (χ1) is 11.2. The molecule has 0 unspecified atom stereocenters. The summed E-state index contributed by atoms with van der Waals surface area (Å²) >= 11 is -1.44. The summed E-state index contributed by atoms with van der Waals surface area (Å²) in [5.74, 6) is -0.342. The van der Waals surface area contributed by atoms with Crippen LogP contribution in [-0.2, 0) is 30.1 Å². The summed E-state index contributed by atoms with van der Waals surface area (Å²) in [5.41, 5.74) is -0.678. The van der Waals surface area contributed by atoms with Crippen LogP contribution < -0.4 is 5.14 Å². The number of carbonyl (C=O) groups is 2. The normalized spacial score (nSPS) is 15.6. The van der Waals surface area contributed by atoms with E-state index in [1.807, 2.05) is 47.3 Å². The number of esters is 1. The van der Waals surface area contributed by atoms with E-state index in [9.17, 15) is 14.1 Å². The number of ether oxygens (including phenoxy) is 1. The van der Waals surface area contributed by atoms with Crippen molar-refractivity contribution < 1.29 is 23.3 Å². The maximum Gasteiger partial charge on any atom is 0.308 e. The van der Waals surface area contributed by atoms with Crippen LogP contribution in [-0.4, -0.2) is 41.6 Å². The highest BCUT2D eigenvalue weighted by Crippen LogP contribution is 2.27. The van der Waals surface area contributed by atoms with Gasteiger partial charge >= 0.3 is 5.97 Å². The van der Waals surface area contributed by atoms with E-state index in [1.165, 1.54) is 0 Å². The molecule has 0 spiro atoms. The van der Waals surface area contributed by atoms with Gasteiger partial charge in [0.15, 0.2) is 8.32 Å². The summed E-state index contributed by atoms with van der Waals surface area (Å²) in [4.78, 5) is 22.9. The molecule has 0 amide bonds. The Bertz CT molecular complexity index is 435. The van der Waals surface area contributed by atoms with Crippen molar-refractivity contribution in [1.82, 2.24) is 0 Å². The van der Waals surface area contributed by atoms with Gasteiger partial charge in [0.05, 0.1) is 12.5 Å². The van der Waals surface area contributed by atoms with Crippen LogP contribution in [0.5, 0.6) is 0 Å². The molecule has 8 heteroatoms. The second-order valence-corrected chi connectivity index (χ2v) is 14.8. The SMILES string of the molecule is CC(C)(CCC(C)(C)[S@+](N)[O-])OC(=O)C[C@H](CCC=O)O[Si](C)(C)C. The molecule has 0 aliphatic heterocycles. The Labute approximate surface area is 156 Å². The first-order valence-corrected chi connectivity index (χ1v) is 13.3. The van der Waals surface area contributed by atoms with Gasteiger partial charge in [-0.15, -0.1) is 0 Å². The van der Waals surface area contributed by atoms with E-state index >= 15 is 0 Å². The minimum Gasteiger partial charge on any atom is -0.598 e. The molecule has 148 valence electrons. The molecule has 2 N–H and O–H groups in total. The fourth-order valence-corrected chi connectivity index (χ4v) is 3.75. The highest BCUT2D eigenvalue weighted by atomic mass is 32.2. The summed E-state index contributed by atoms with van der Waals surface area (Å²) in [6.45, 7) is 13.5. The van der Waals surface area contributed by atoms with Gasteiger partial charge < -0.3 is 18.5 Å². The Morgan fingerprint density at radius 1 is 1.24 bits per heavy atom. The molecule has 0 heterocycles. The minimum absolute atomic E-state index is 0.133. The summed E-state index contributed by atoms with van der Waals surface area (Å²) in [5, 5.41) is 5.50. The molecule has 0 bridgehead atoms. The van der Waals surface area contributed by atoms with Gasteiger partial charge in [0, 0.05) is 24.2 Å². The molecule has 0 aromatic rings. The van der Waals surface area contributed by atoms with Crippen molar-refractivity contribution in [1.29, 1.82) is 0 Å². The largest absolute Gasteiger partial charge is 0.598 e. The number of hydrogen-bond donors (Lipinski definition) is 1. The monoisotopic (exact) mass is 393 g/mol. The molecule has 0 saturated carbocycles. The zero-order chi connectivity index (χ0) is 19.9. The van der Waals surface area contributed by atoms with E-state index < -0.39 is 30.0 Å². The van der Waals surface area contributed by atoms with Crippen LogP contribution in [0, 0.1) is 0 Å². The number of nitrogens with two attached hydrogens (primary N) is 1. The van der Waals surface area contributed by atoms with Crippen molar-refractivity contribution in [3.63, 3.8) is 0 Å². The molecule has 0 aromatic carbocycles. The number of carbonyl (C=O) groups excluding carboxylic acids is 2. The number of aldehydes is 1. The lowest BCUT2D eigenvalue weighted by Gasteiger charge is -2.31. The van der Waals surface area contributed by atoms with E-state index in [-0.39, 0.29) is 18.5 Å². The molecule has 0 fully saturated rings. The van der Waals surface area contributed by atoms with Gasteiger partial charge in [-0.25, -0.2) is 0 Å². The van der Waals surface area contributed by atoms with Crippen molar-refractivity contribution in [3.05, 3.63) is 0 Å². The Morgan fingerprint density at radius 3 is 2.24 bits per heavy atom. The zero-order valence-corrected chi connectivity index (χ0v) is 18.5. The minimum atomic E-state index is -1.82. The molecule has 0 aromatic heterocycles. The predicted molar refractivity (Wildman–Crippen MR) is 104 cm³/mol. The van der Waals surface area contributed by atoms with Crippen molar-refractivity contribution in [2.45, 2.75) is 95.9 Å². The van der Waals surface area contributed by atoms with Gasteiger partial charge in [-0.05, 0) is 60.2 Å². The van der Waals surface area contributed by atoms with Crippen molar-refractivity contribution in [2.75, 3.05) is 0 Å². The van der Waals surface area contributed by atoms with Crippen LogP contribution in [0.15, 0.2) is 0 Å². The smallest absolute Gasteiger partial charge is 0.308 e. The second-order valence-electron chi connectivity index (χ2n) is 8.59. The molecule has 0 aliphatic rings. The van der Waals surface area contributed by atoms with Gasteiger partial charge in [-0.1, -0.05) is 0 Å². The van der Waals surface area contributed by atoms with E-state index in [2.05, 4.69) is 0 Å². The molecule has 6 nitrogen and oxygen atoms in total. The number of hydrogen-bond acceptors (Lipinski definition) is 6. The highest BCUT2D eigenvalue weighted by Gasteiger charge is 2.34. The summed E-state index contributed by atoms with van der Waals surface area (Å²) in [7, 11) is -1.82. The Morgan fingerprint density at radius 2 is 1.80 bits per heavy atom. The lowest BCUT2D eigenvalue weighted by atomic mass is 9.96. The lowest BCUT2D eigenvalue weighted by molar-refractivity contribution is -0.159. The Balaban J connectivity index is 4.67. The highest BCUT2D eigenvalue weighted by molar-refractivity contribution is 7.90. The summed E-state index contributed by atoms with van der Waals surface area (Å²) in [6, 6.07) is 0. The first-order valence-electron chi connectivity index (χ1n) is 8.68. The molecule has 0 aliphatic carbocycles. The summed E-state index contributed by atoms with van der Waals surface area (Å²) < 4.78 is 22.6. The molecule has 25 heavy (non-hydrogen) atoms. The molecule has 2 atom stereocenters. The fourth-order valence-electron chi connectivity index (χ4n) is 2.25. The predicted octanol–water partition coefficient (Wildman–Crippen LogP) is 3.08. The zero-order valence-electron chi connectivity index (χ0n) is 16.7. The van der Waals surface area contributed by atoms with Gasteiger partial charge in [-0.2, -0.15) is 5.14 Å². The first kappa shape index (κ1) is 24.6. The van der Waals surface area contributed by atoms with Crippen LogP contribution in [0.25, 0.3) is 0 Å². The fraction of sp³-hybridized carbons (Fsp3) is 0.882. The lowest BCUT2D eigenvalue weighted by Crippen LogP contribution is -2.40. The third-order valence-electron chi connectivity index (χ3n) is 3.78.